The lowest BCUT2D eigenvalue weighted by Gasteiger charge is -2.09. The third-order valence-electron chi connectivity index (χ3n) is 3.41. The predicted octanol–water partition coefficient (Wildman–Crippen LogP) is 4.08. The lowest BCUT2D eigenvalue weighted by atomic mass is 10.1. The van der Waals surface area contributed by atoms with Gasteiger partial charge in [0.1, 0.15) is 16.4 Å². The Bertz CT molecular complexity index is 805. The van der Waals surface area contributed by atoms with Crippen molar-refractivity contribution in [2.75, 3.05) is 32.7 Å². The maximum absolute atomic E-state index is 6.03. The molecule has 0 bridgehead atoms. The highest BCUT2D eigenvalue weighted by Gasteiger charge is 2.14. The molecular formula is C16H16ClN3O2S. The number of anilines is 1. The van der Waals surface area contributed by atoms with Gasteiger partial charge in [-0.3, -0.25) is 0 Å². The topological polar surface area (TPSA) is 56.3 Å². The normalized spacial score (nSPS) is 10.9. The zero-order chi connectivity index (χ0) is 16.2. The Morgan fingerprint density at radius 1 is 1.17 bits per heavy atom. The molecule has 0 aliphatic carbocycles. The molecule has 7 heteroatoms. The van der Waals surface area contributed by atoms with Gasteiger partial charge in [-0.1, -0.05) is 12.1 Å². The lowest BCUT2D eigenvalue weighted by molar-refractivity contribution is 0.210. The van der Waals surface area contributed by atoms with E-state index in [1.807, 2.05) is 24.3 Å². The highest BCUT2D eigenvalue weighted by atomic mass is 35.5. The van der Waals surface area contributed by atoms with Crippen molar-refractivity contribution in [2.45, 2.75) is 0 Å². The summed E-state index contributed by atoms with van der Waals surface area (Å²) in [5.41, 5.74) is 2.15. The average molecular weight is 350 g/mol. The van der Waals surface area contributed by atoms with E-state index < -0.39 is 0 Å². The van der Waals surface area contributed by atoms with Crippen molar-refractivity contribution in [2.24, 2.45) is 0 Å². The van der Waals surface area contributed by atoms with E-state index in [1.54, 1.807) is 25.6 Å². The van der Waals surface area contributed by atoms with Crippen LogP contribution in [0.5, 0.6) is 5.75 Å². The number of benzene rings is 1. The summed E-state index contributed by atoms with van der Waals surface area (Å²) in [4.78, 5) is 9.51. The minimum atomic E-state index is 0.237. The Morgan fingerprint density at radius 2 is 1.96 bits per heavy atom. The fourth-order valence-corrected chi connectivity index (χ4v) is 3.46. The summed E-state index contributed by atoms with van der Waals surface area (Å²) in [6.45, 7) is 1.24. The van der Waals surface area contributed by atoms with E-state index in [9.17, 15) is 0 Å². The largest absolute Gasteiger partial charge is 0.497 e. The molecule has 0 radical (unpaired) electrons. The molecule has 0 atom stereocenters. The van der Waals surface area contributed by atoms with Gasteiger partial charge >= 0.3 is 0 Å². The summed E-state index contributed by atoms with van der Waals surface area (Å²) in [5.74, 6) is 1.55. The number of fused-ring (bicyclic) bond motifs is 1. The minimum absolute atomic E-state index is 0.237. The van der Waals surface area contributed by atoms with Crippen LogP contribution in [0, 0.1) is 0 Å². The van der Waals surface area contributed by atoms with Gasteiger partial charge in [-0.25, -0.2) is 9.97 Å². The van der Waals surface area contributed by atoms with E-state index in [1.165, 1.54) is 0 Å². The van der Waals surface area contributed by atoms with E-state index in [0.717, 1.165) is 32.9 Å². The molecule has 3 aromatic rings. The van der Waals surface area contributed by atoms with Gasteiger partial charge in [0.05, 0.1) is 19.1 Å². The first kappa shape index (κ1) is 16.0. The quantitative estimate of drug-likeness (QED) is 0.537. The molecule has 0 unspecified atom stereocenters. The van der Waals surface area contributed by atoms with Crippen LogP contribution in [-0.4, -0.2) is 37.3 Å². The van der Waals surface area contributed by atoms with Crippen molar-refractivity contribution < 1.29 is 9.47 Å². The molecule has 0 fully saturated rings. The molecule has 2 aromatic heterocycles. The summed E-state index contributed by atoms with van der Waals surface area (Å²) in [6.07, 6.45) is 0. The SMILES string of the molecule is COCCNc1nc(Cl)nc2scc(-c3ccc(OC)cc3)c12. The second-order valence-corrected chi connectivity index (χ2v) is 6.02. The van der Waals surface area contributed by atoms with Crippen molar-refractivity contribution in [3.05, 3.63) is 34.9 Å². The Labute approximate surface area is 143 Å². The summed E-state index contributed by atoms with van der Waals surface area (Å²) in [7, 11) is 3.32. The van der Waals surface area contributed by atoms with E-state index >= 15 is 0 Å². The molecule has 0 amide bonds. The van der Waals surface area contributed by atoms with E-state index in [2.05, 4.69) is 20.7 Å². The van der Waals surface area contributed by atoms with Gasteiger partial charge in [-0.05, 0) is 29.3 Å². The van der Waals surface area contributed by atoms with Crippen LogP contribution in [0.4, 0.5) is 5.82 Å². The molecule has 0 aliphatic rings. The van der Waals surface area contributed by atoms with E-state index in [4.69, 9.17) is 21.1 Å². The third kappa shape index (κ3) is 3.39. The molecule has 0 saturated heterocycles. The summed E-state index contributed by atoms with van der Waals surface area (Å²) < 4.78 is 10.3. The Morgan fingerprint density at radius 3 is 2.65 bits per heavy atom. The number of nitrogens with one attached hydrogen (secondary N) is 1. The second kappa shape index (κ2) is 7.12. The lowest BCUT2D eigenvalue weighted by Crippen LogP contribution is -2.09. The van der Waals surface area contributed by atoms with Crippen LogP contribution in [0.15, 0.2) is 29.6 Å². The maximum atomic E-state index is 6.03. The predicted molar refractivity (Wildman–Crippen MR) is 94.8 cm³/mol. The van der Waals surface area contributed by atoms with Crippen molar-refractivity contribution in [1.82, 2.24) is 9.97 Å². The molecule has 0 aliphatic heterocycles. The molecule has 23 heavy (non-hydrogen) atoms. The number of thiophene rings is 1. The van der Waals surface area contributed by atoms with Crippen LogP contribution < -0.4 is 10.1 Å². The number of ether oxygens (including phenoxy) is 2. The number of hydrogen-bond donors (Lipinski definition) is 1. The number of methoxy groups -OCH3 is 2. The number of rotatable bonds is 6. The zero-order valence-corrected chi connectivity index (χ0v) is 14.4. The first-order valence-electron chi connectivity index (χ1n) is 7.05. The van der Waals surface area contributed by atoms with Gasteiger partial charge in [0.2, 0.25) is 5.28 Å². The van der Waals surface area contributed by atoms with Crippen molar-refractivity contribution >= 4 is 39.0 Å². The standard InChI is InChI=1S/C16H16ClN3O2S/c1-21-8-7-18-14-13-12(9-23-15(13)20-16(17)19-14)10-3-5-11(22-2)6-4-10/h3-6,9H,7-8H2,1-2H3,(H,18,19,20). The maximum Gasteiger partial charge on any atom is 0.225 e. The van der Waals surface area contributed by atoms with Crippen LogP contribution in [-0.2, 0) is 4.74 Å². The number of hydrogen-bond acceptors (Lipinski definition) is 6. The molecular weight excluding hydrogens is 334 g/mol. The molecule has 0 saturated carbocycles. The summed E-state index contributed by atoms with van der Waals surface area (Å²) >= 11 is 7.58. The Hall–Kier alpha value is -1.89. The molecule has 1 N–H and O–H groups in total. The van der Waals surface area contributed by atoms with Crippen molar-refractivity contribution in [1.29, 1.82) is 0 Å². The van der Waals surface area contributed by atoms with Crippen molar-refractivity contribution in [3.63, 3.8) is 0 Å². The first-order valence-corrected chi connectivity index (χ1v) is 8.30. The molecule has 120 valence electrons. The molecule has 0 spiro atoms. The van der Waals surface area contributed by atoms with Crippen LogP contribution >= 0.6 is 22.9 Å². The Kier molecular flexibility index (Phi) is 4.95. The molecule has 5 nitrogen and oxygen atoms in total. The van der Waals surface area contributed by atoms with Crippen molar-refractivity contribution in [3.8, 4) is 16.9 Å². The summed E-state index contributed by atoms with van der Waals surface area (Å²) in [6, 6.07) is 7.92. The van der Waals surface area contributed by atoms with Crippen LogP contribution in [0.3, 0.4) is 0 Å². The number of nitrogens with zero attached hydrogens (tertiary/aromatic N) is 2. The molecule has 1 aromatic carbocycles. The van der Waals surface area contributed by atoms with Gasteiger partial charge in [-0.15, -0.1) is 11.3 Å². The van der Waals surface area contributed by atoms with Gasteiger partial charge in [0.15, 0.2) is 0 Å². The average Bonchev–Trinajstić information content (AvgIpc) is 2.99. The number of halogens is 1. The Balaban J connectivity index is 2.06. The fraction of sp³-hybridized carbons (Fsp3) is 0.250. The zero-order valence-electron chi connectivity index (χ0n) is 12.8. The van der Waals surface area contributed by atoms with Gasteiger partial charge in [0.25, 0.3) is 0 Å². The smallest absolute Gasteiger partial charge is 0.225 e. The van der Waals surface area contributed by atoms with E-state index in [-0.39, 0.29) is 5.28 Å². The minimum Gasteiger partial charge on any atom is -0.497 e. The monoisotopic (exact) mass is 349 g/mol. The van der Waals surface area contributed by atoms with E-state index in [0.29, 0.717) is 13.2 Å². The molecule has 3 rings (SSSR count). The first-order chi connectivity index (χ1) is 11.2. The summed E-state index contributed by atoms with van der Waals surface area (Å²) in [5, 5.41) is 6.55. The molecule has 2 heterocycles. The fourth-order valence-electron chi connectivity index (χ4n) is 2.30. The van der Waals surface area contributed by atoms with Crippen LogP contribution in [0.1, 0.15) is 0 Å². The number of aromatic nitrogens is 2. The highest BCUT2D eigenvalue weighted by Crippen LogP contribution is 2.37. The van der Waals surface area contributed by atoms with Gasteiger partial charge in [-0.2, -0.15) is 0 Å². The van der Waals surface area contributed by atoms with Crippen LogP contribution in [0.2, 0.25) is 5.28 Å². The van der Waals surface area contributed by atoms with Crippen LogP contribution in [0.25, 0.3) is 21.3 Å². The highest BCUT2D eigenvalue weighted by molar-refractivity contribution is 7.17. The second-order valence-electron chi connectivity index (χ2n) is 4.82. The third-order valence-corrected chi connectivity index (χ3v) is 4.45. The van der Waals surface area contributed by atoms with Gasteiger partial charge in [0, 0.05) is 24.6 Å². The van der Waals surface area contributed by atoms with Gasteiger partial charge < -0.3 is 14.8 Å².